The minimum Gasteiger partial charge on any atom is -0.497 e. The molecule has 2 atom stereocenters. The average molecular weight is 414 g/mol. The Morgan fingerprint density at radius 3 is 2.90 bits per heavy atom. The second-order valence-electron chi connectivity index (χ2n) is 9.13. The predicted octanol–water partition coefficient (Wildman–Crippen LogP) is 6.13. The summed E-state index contributed by atoms with van der Waals surface area (Å²) in [4.78, 5) is 11.3. The number of H-pyrrole nitrogens is 1. The molecule has 2 heterocycles. The van der Waals surface area contributed by atoms with E-state index in [1.54, 1.807) is 7.11 Å². The van der Waals surface area contributed by atoms with E-state index in [1.807, 2.05) is 6.07 Å². The third kappa shape index (κ3) is 3.34. The number of rotatable bonds is 4. The molecule has 3 aromatic rings. The molecule has 160 valence electrons. The molecule has 5 rings (SSSR count). The standard InChI is InChI=1S/C27H31N3O/c1-18-12-13-24-25(19(18)2)29-26(28-24)27(3)14-7-15-30(27)22-10-5-8-20(16-22)21-9-6-11-23(17-21)31-4/h5-6,9-13,16-17,20H,7-8,14-15H2,1-4H3,(H,28,29)/t20?,27-/m0/s1. The lowest BCUT2D eigenvalue weighted by molar-refractivity contribution is 0.200. The summed E-state index contributed by atoms with van der Waals surface area (Å²) in [6, 6.07) is 12.8. The van der Waals surface area contributed by atoms with E-state index in [0.29, 0.717) is 5.92 Å². The van der Waals surface area contributed by atoms with Crippen LogP contribution in [0.3, 0.4) is 0 Å². The van der Waals surface area contributed by atoms with E-state index >= 15 is 0 Å². The molecule has 1 aliphatic heterocycles. The van der Waals surface area contributed by atoms with Crippen LogP contribution in [0.15, 0.2) is 60.3 Å². The Hall–Kier alpha value is -3.01. The molecule has 0 bridgehead atoms. The minimum atomic E-state index is -0.133. The third-order valence-corrected chi connectivity index (χ3v) is 7.21. The fraction of sp³-hybridized carbons (Fsp3) is 0.370. The first-order valence-electron chi connectivity index (χ1n) is 11.3. The van der Waals surface area contributed by atoms with Crippen molar-refractivity contribution in [3.63, 3.8) is 0 Å². The van der Waals surface area contributed by atoms with Crippen molar-refractivity contribution in [2.24, 2.45) is 0 Å². The van der Waals surface area contributed by atoms with E-state index in [-0.39, 0.29) is 5.54 Å². The number of nitrogens with one attached hydrogen (secondary N) is 1. The molecule has 2 aromatic carbocycles. The average Bonchev–Trinajstić information content (AvgIpc) is 3.42. The van der Waals surface area contributed by atoms with E-state index < -0.39 is 0 Å². The van der Waals surface area contributed by atoms with Gasteiger partial charge in [-0.05, 0) is 81.0 Å². The molecule has 1 aromatic heterocycles. The van der Waals surface area contributed by atoms with Gasteiger partial charge in [-0.1, -0.05) is 30.4 Å². The first-order chi connectivity index (χ1) is 15.0. The van der Waals surface area contributed by atoms with Crippen LogP contribution < -0.4 is 4.74 Å². The minimum absolute atomic E-state index is 0.133. The highest BCUT2D eigenvalue weighted by atomic mass is 16.5. The van der Waals surface area contributed by atoms with Gasteiger partial charge in [0, 0.05) is 18.2 Å². The van der Waals surface area contributed by atoms with Crippen molar-refractivity contribution in [1.29, 1.82) is 0 Å². The molecule has 31 heavy (non-hydrogen) atoms. The smallest absolute Gasteiger partial charge is 0.132 e. The maximum Gasteiger partial charge on any atom is 0.132 e. The number of aromatic amines is 1. The molecule has 2 aliphatic rings. The van der Waals surface area contributed by atoms with Crippen LogP contribution in [-0.2, 0) is 5.54 Å². The zero-order valence-corrected chi connectivity index (χ0v) is 18.9. The Bertz CT molecular complexity index is 1190. The zero-order chi connectivity index (χ0) is 21.6. The van der Waals surface area contributed by atoms with Gasteiger partial charge in [0.1, 0.15) is 11.6 Å². The second kappa shape index (κ2) is 7.60. The molecule has 1 aliphatic carbocycles. The highest BCUT2D eigenvalue weighted by molar-refractivity contribution is 5.80. The van der Waals surface area contributed by atoms with E-state index in [9.17, 15) is 0 Å². The van der Waals surface area contributed by atoms with Gasteiger partial charge in [-0.15, -0.1) is 0 Å². The van der Waals surface area contributed by atoms with Crippen molar-refractivity contribution in [2.45, 2.75) is 51.5 Å². The van der Waals surface area contributed by atoms with Crippen molar-refractivity contribution < 1.29 is 4.74 Å². The normalized spacial score (nSPS) is 23.4. The fourth-order valence-electron chi connectivity index (χ4n) is 5.14. The Kier molecular flexibility index (Phi) is 4.88. The summed E-state index contributed by atoms with van der Waals surface area (Å²) in [5.74, 6) is 2.35. The number of fused-ring (bicyclic) bond motifs is 1. The van der Waals surface area contributed by atoms with Crippen LogP contribution in [-0.4, -0.2) is 28.5 Å². The lowest BCUT2D eigenvalue weighted by atomic mass is 9.89. The van der Waals surface area contributed by atoms with Crippen molar-refractivity contribution in [2.75, 3.05) is 13.7 Å². The van der Waals surface area contributed by atoms with Gasteiger partial charge in [-0.3, -0.25) is 0 Å². The fourth-order valence-corrected chi connectivity index (χ4v) is 5.14. The molecule has 0 spiro atoms. The first kappa shape index (κ1) is 19.9. The summed E-state index contributed by atoms with van der Waals surface area (Å²) in [5.41, 5.74) is 7.26. The maximum atomic E-state index is 5.45. The molecule has 1 N–H and O–H groups in total. The van der Waals surface area contributed by atoms with Gasteiger partial charge < -0.3 is 14.6 Å². The van der Waals surface area contributed by atoms with Crippen LogP contribution in [0.4, 0.5) is 0 Å². The molecule has 0 radical (unpaired) electrons. The number of imidazole rings is 1. The summed E-state index contributed by atoms with van der Waals surface area (Å²) >= 11 is 0. The van der Waals surface area contributed by atoms with Crippen LogP contribution >= 0.6 is 0 Å². The van der Waals surface area contributed by atoms with Gasteiger partial charge in [-0.2, -0.15) is 0 Å². The molecule has 0 amide bonds. The Morgan fingerprint density at radius 2 is 2.06 bits per heavy atom. The Labute approximate surface area is 184 Å². The number of hydrogen-bond acceptors (Lipinski definition) is 3. The number of aromatic nitrogens is 2. The predicted molar refractivity (Wildman–Crippen MR) is 126 cm³/mol. The van der Waals surface area contributed by atoms with E-state index in [4.69, 9.17) is 9.72 Å². The van der Waals surface area contributed by atoms with E-state index in [1.165, 1.54) is 28.8 Å². The SMILES string of the molecule is COc1cccc(C2C=C(N3CCC[C@@]3(C)c3nc4c(C)c(C)ccc4[nH]3)C=CC2)c1. The van der Waals surface area contributed by atoms with Crippen molar-refractivity contribution in [1.82, 2.24) is 14.9 Å². The topological polar surface area (TPSA) is 41.1 Å². The number of benzene rings is 2. The number of allylic oxidation sites excluding steroid dienone is 3. The van der Waals surface area contributed by atoms with Gasteiger partial charge in [0.2, 0.25) is 0 Å². The van der Waals surface area contributed by atoms with Gasteiger partial charge in [0.05, 0.1) is 23.7 Å². The number of hydrogen-bond donors (Lipinski definition) is 1. The molecule has 1 fully saturated rings. The number of ether oxygens (including phenoxy) is 1. The maximum absolute atomic E-state index is 5.45. The summed E-state index contributed by atoms with van der Waals surface area (Å²) in [6.45, 7) is 7.71. The highest BCUT2D eigenvalue weighted by Gasteiger charge is 2.41. The number of likely N-dealkylation sites (tertiary alicyclic amines) is 1. The molecular formula is C27H31N3O. The Balaban J connectivity index is 1.51. The van der Waals surface area contributed by atoms with Gasteiger partial charge in [0.15, 0.2) is 0 Å². The number of methoxy groups -OCH3 is 1. The van der Waals surface area contributed by atoms with E-state index in [2.05, 4.69) is 79.2 Å². The molecule has 4 nitrogen and oxygen atoms in total. The van der Waals surface area contributed by atoms with Gasteiger partial charge >= 0.3 is 0 Å². The second-order valence-corrected chi connectivity index (χ2v) is 9.13. The van der Waals surface area contributed by atoms with Gasteiger partial charge in [-0.25, -0.2) is 4.98 Å². The lowest BCUT2D eigenvalue weighted by Gasteiger charge is -2.37. The lowest BCUT2D eigenvalue weighted by Crippen LogP contribution is -2.39. The number of aryl methyl sites for hydroxylation is 2. The summed E-state index contributed by atoms with van der Waals surface area (Å²) in [6.07, 6.45) is 10.3. The zero-order valence-electron chi connectivity index (χ0n) is 18.9. The monoisotopic (exact) mass is 413 g/mol. The van der Waals surface area contributed by atoms with Crippen LogP contribution in [0.2, 0.25) is 0 Å². The molecule has 4 heteroatoms. The molecular weight excluding hydrogens is 382 g/mol. The molecule has 0 saturated carbocycles. The summed E-state index contributed by atoms with van der Waals surface area (Å²) in [7, 11) is 1.73. The van der Waals surface area contributed by atoms with E-state index in [0.717, 1.165) is 42.0 Å². The van der Waals surface area contributed by atoms with Crippen LogP contribution in [0.5, 0.6) is 5.75 Å². The van der Waals surface area contributed by atoms with Crippen LogP contribution in [0.1, 0.15) is 54.6 Å². The number of nitrogens with zero attached hydrogens (tertiary/aromatic N) is 2. The molecule has 1 saturated heterocycles. The first-order valence-corrected chi connectivity index (χ1v) is 11.3. The van der Waals surface area contributed by atoms with Crippen molar-refractivity contribution >= 4 is 11.0 Å². The Morgan fingerprint density at radius 1 is 1.19 bits per heavy atom. The van der Waals surface area contributed by atoms with Crippen LogP contribution in [0.25, 0.3) is 11.0 Å². The van der Waals surface area contributed by atoms with Gasteiger partial charge in [0.25, 0.3) is 0 Å². The molecule has 1 unspecified atom stereocenters. The third-order valence-electron chi connectivity index (χ3n) is 7.21. The quantitative estimate of drug-likeness (QED) is 0.560. The largest absolute Gasteiger partial charge is 0.497 e. The highest BCUT2D eigenvalue weighted by Crippen LogP contribution is 2.43. The van der Waals surface area contributed by atoms with Crippen molar-refractivity contribution in [3.05, 3.63) is 82.8 Å². The van der Waals surface area contributed by atoms with Crippen molar-refractivity contribution in [3.8, 4) is 5.75 Å². The summed E-state index contributed by atoms with van der Waals surface area (Å²) in [5, 5.41) is 0. The van der Waals surface area contributed by atoms with Crippen LogP contribution in [0, 0.1) is 13.8 Å². The summed E-state index contributed by atoms with van der Waals surface area (Å²) < 4.78 is 5.45.